The van der Waals surface area contributed by atoms with E-state index in [-0.39, 0.29) is 48.1 Å². The fourth-order valence-corrected chi connectivity index (χ4v) is 8.09. The SMILES string of the molecule is CCN1C[C@H]2CCC[C@@](COC(=O)c3ccccc3N3C(=O)C[C@H](C)C3=O)(C1)C2(O)CC[C@]1(O)CCC[C@@H](OC)C1. The van der Waals surface area contributed by atoms with Gasteiger partial charge in [-0.15, -0.1) is 0 Å². The Morgan fingerprint density at radius 3 is 2.56 bits per heavy atom. The molecule has 2 N–H and O–H groups in total. The van der Waals surface area contributed by atoms with Crippen molar-refractivity contribution < 1.29 is 34.1 Å². The third-order valence-corrected chi connectivity index (χ3v) is 10.6. The van der Waals surface area contributed by atoms with Crippen LogP contribution in [0.4, 0.5) is 5.69 Å². The number of carbonyl (C=O) groups excluding carboxylic acids is 3. The zero-order valence-electron chi connectivity index (χ0n) is 24.8. The number of esters is 1. The van der Waals surface area contributed by atoms with E-state index in [0.717, 1.165) is 43.7 Å². The normalized spacial score (nSPS) is 36.0. The second kappa shape index (κ2) is 11.7. The molecule has 4 aliphatic rings. The minimum atomic E-state index is -1.09. The van der Waals surface area contributed by atoms with Gasteiger partial charge in [-0.3, -0.25) is 9.59 Å². The Balaban J connectivity index is 1.38. The number of piperidine rings is 1. The van der Waals surface area contributed by atoms with Crippen molar-refractivity contribution in [2.45, 2.75) is 95.4 Å². The molecule has 2 amide bonds. The van der Waals surface area contributed by atoms with Gasteiger partial charge in [0.2, 0.25) is 11.8 Å². The van der Waals surface area contributed by atoms with Gasteiger partial charge in [-0.25, -0.2) is 9.69 Å². The average molecular weight is 571 g/mol. The van der Waals surface area contributed by atoms with E-state index in [1.54, 1.807) is 38.3 Å². The van der Waals surface area contributed by atoms with Crippen LogP contribution < -0.4 is 4.90 Å². The quantitative estimate of drug-likeness (QED) is 0.341. The molecule has 2 saturated carbocycles. The number of methoxy groups -OCH3 is 1. The number of anilines is 1. The van der Waals surface area contributed by atoms with Gasteiger partial charge in [0.15, 0.2) is 0 Å². The molecule has 1 unspecified atom stereocenters. The van der Waals surface area contributed by atoms with Crippen LogP contribution in [0.15, 0.2) is 24.3 Å². The molecular formula is C32H46N2O7. The first-order chi connectivity index (χ1) is 19.5. The van der Waals surface area contributed by atoms with Gasteiger partial charge in [-0.1, -0.05) is 32.4 Å². The van der Waals surface area contributed by atoms with E-state index in [2.05, 4.69) is 11.8 Å². The number of hydrogen-bond acceptors (Lipinski definition) is 8. The van der Waals surface area contributed by atoms with Crippen LogP contribution >= 0.6 is 0 Å². The summed E-state index contributed by atoms with van der Waals surface area (Å²) in [7, 11) is 1.69. The van der Waals surface area contributed by atoms with Crippen LogP contribution in [0.2, 0.25) is 0 Å². The molecule has 2 aliphatic carbocycles. The maximum atomic E-state index is 13.6. The van der Waals surface area contributed by atoms with E-state index in [0.29, 0.717) is 38.6 Å². The second-order valence-electron chi connectivity index (χ2n) is 13.1. The van der Waals surface area contributed by atoms with Crippen LogP contribution in [0.25, 0.3) is 0 Å². The fraction of sp³-hybridized carbons (Fsp3) is 0.719. The molecule has 2 bridgehead atoms. The smallest absolute Gasteiger partial charge is 0.340 e. The lowest BCUT2D eigenvalue weighted by molar-refractivity contribution is -0.220. The summed E-state index contributed by atoms with van der Waals surface area (Å²) >= 11 is 0. The summed E-state index contributed by atoms with van der Waals surface area (Å²) in [5.41, 5.74) is -2.25. The number of para-hydroxylation sites is 1. The van der Waals surface area contributed by atoms with Crippen LogP contribution in [0.3, 0.4) is 0 Å². The number of hydrogen-bond donors (Lipinski definition) is 2. The molecule has 9 heteroatoms. The number of ether oxygens (including phenoxy) is 2. The number of rotatable bonds is 9. The van der Waals surface area contributed by atoms with Crippen molar-refractivity contribution in [3.8, 4) is 0 Å². The number of carbonyl (C=O) groups is 3. The molecule has 0 aromatic heterocycles. The van der Waals surface area contributed by atoms with E-state index in [9.17, 15) is 24.6 Å². The Bertz CT molecular complexity index is 1160. The van der Waals surface area contributed by atoms with E-state index >= 15 is 0 Å². The molecule has 2 heterocycles. The van der Waals surface area contributed by atoms with Gasteiger partial charge in [0.1, 0.15) is 6.61 Å². The summed E-state index contributed by atoms with van der Waals surface area (Å²) < 4.78 is 11.6. The molecule has 9 nitrogen and oxygen atoms in total. The minimum absolute atomic E-state index is 0.0164. The van der Waals surface area contributed by atoms with E-state index in [4.69, 9.17) is 9.47 Å². The highest BCUT2D eigenvalue weighted by Gasteiger charge is 2.61. The van der Waals surface area contributed by atoms with Gasteiger partial charge >= 0.3 is 5.97 Å². The van der Waals surface area contributed by atoms with Gasteiger partial charge in [0.05, 0.1) is 28.6 Å². The standard InChI is InChI=1S/C32H46N2O7/c1-4-33-19-23-9-7-13-30(20-33,32(23,39)16-15-31(38)14-8-10-24(18-31)40-3)21-41-29(37)25-11-5-6-12-26(25)34-27(35)17-22(2)28(34)36/h5-6,11-12,22-24,38-39H,4,7-10,13-21H2,1-3H3/t22-,23+,24+,30-,31+,32?/m0/s1. The van der Waals surface area contributed by atoms with Crippen molar-refractivity contribution in [3.63, 3.8) is 0 Å². The molecule has 2 aliphatic heterocycles. The van der Waals surface area contributed by atoms with Gasteiger partial charge in [0, 0.05) is 50.3 Å². The van der Waals surface area contributed by atoms with Gasteiger partial charge in [-0.05, 0) is 63.6 Å². The summed E-state index contributed by atoms with van der Waals surface area (Å²) in [5.74, 6) is -1.67. The molecule has 0 spiro atoms. The molecule has 1 aromatic carbocycles. The monoisotopic (exact) mass is 570 g/mol. The highest BCUT2D eigenvalue weighted by molar-refractivity contribution is 6.22. The van der Waals surface area contributed by atoms with Gasteiger partial charge < -0.3 is 24.6 Å². The van der Waals surface area contributed by atoms with Crippen LogP contribution in [-0.4, -0.2) is 83.6 Å². The topological polar surface area (TPSA) is 117 Å². The number of amides is 2. The molecule has 0 radical (unpaired) electrons. The summed E-state index contributed by atoms with van der Waals surface area (Å²) in [5, 5.41) is 24.0. The molecule has 2 saturated heterocycles. The molecule has 5 rings (SSSR count). The summed E-state index contributed by atoms with van der Waals surface area (Å²) in [4.78, 5) is 42.4. The van der Waals surface area contributed by atoms with E-state index in [1.165, 1.54) is 0 Å². The number of imide groups is 1. The van der Waals surface area contributed by atoms with Gasteiger partial charge in [-0.2, -0.15) is 0 Å². The Kier molecular flexibility index (Phi) is 8.63. The lowest BCUT2D eigenvalue weighted by Crippen LogP contribution is -2.68. The molecule has 226 valence electrons. The first-order valence-electron chi connectivity index (χ1n) is 15.4. The van der Waals surface area contributed by atoms with Crippen LogP contribution in [-0.2, 0) is 19.1 Å². The number of nitrogens with zero attached hydrogens (tertiary/aromatic N) is 2. The maximum absolute atomic E-state index is 13.6. The largest absolute Gasteiger partial charge is 0.461 e. The third-order valence-electron chi connectivity index (χ3n) is 10.6. The Hall–Kier alpha value is -2.33. The number of fused-ring (bicyclic) bond motifs is 2. The predicted molar refractivity (Wildman–Crippen MR) is 153 cm³/mol. The predicted octanol–water partition coefficient (Wildman–Crippen LogP) is 3.70. The number of benzene rings is 1. The molecular weight excluding hydrogens is 524 g/mol. The first kappa shape index (κ1) is 30.1. The Labute approximate surface area is 243 Å². The van der Waals surface area contributed by atoms with Crippen molar-refractivity contribution >= 4 is 23.5 Å². The molecule has 41 heavy (non-hydrogen) atoms. The van der Waals surface area contributed by atoms with Crippen LogP contribution in [0, 0.1) is 17.3 Å². The summed E-state index contributed by atoms with van der Waals surface area (Å²) in [6, 6.07) is 6.58. The highest BCUT2D eigenvalue weighted by Crippen LogP contribution is 2.55. The van der Waals surface area contributed by atoms with Crippen molar-refractivity contribution in [3.05, 3.63) is 29.8 Å². The fourth-order valence-electron chi connectivity index (χ4n) is 8.09. The highest BCUT2D eigenvalue weighted by atomic mass is 16.5. The lowest BCUT2D eigenvalue weighted by atomic mass is 9.54. The van der Waals surface area contributed by atoms with Gasteiger partial charge in [0.25, 0.3) is 0 Å². The minimum Gasteiger partial charge on any atom is -0.461 e. The zero-order chi connectivity index (χ0) is 29.4. The lowest BCUT2D eigenvalue weighted by Gasteiger charge is -2.60. The number of likely N-dealkylation sites (tertiary alicyclic amines) is 1. The Morgan fingerprint density at radius 1 is 1.10 bits per heavy atom. The zero-order valence-corrected chi connectivity index (χ0v) is 24.8. The molecule has 1 aromatic rings. The molecule has 6 atom stereocenters. The van der Waals surface area contributed by atoms with Crippen LogP contribution in [0.1, 0.15) is 88.4 Å². The molecule has 4 fully saturated rings. The van der Waals surface area contributed by atoms with Crippen molar-refractivity contribution in [1.82, 2.24) is 4.90 Å². The summed E-state index contributed by atoms with van der Waals surface area (Å²) in [6.07, 6.45) is 6.68. The number of aliphatic hydroxyl groups is 2. The van der Waals surface area contributed by atoms with Crippen molar-refractivity contribution in [2.75, 3.05) is 38.3 Å². The Morgan fingerprint density at radius 2 is 1.85 bits per heavy atom. The average Bonchev–Trinajstić information content (AvgIpc) is 3.21. The van der Waals surface area contributed by atoms with Crippen molar-refractivity contribution in [1.29, 1.82) is 0 Å². The first-order valence-corrected chi connectivity index (χ1v) is 15.4. The maximum Gasteiger partial charge on any atom is 0.340 e. The third kappa shape index (κ3) is 5.58. The van der Waals surface area contributed by atoms with E-state index in [1.807, 2.05) is 0 Å². The van der Waals surface area contributed by atoms with Crippen molar-refractivity contribution in [2.24, 2.45) is 17.3 Å². The summed E-state index contributed by atoms with van der Waals surface area (Å²) in [6.45, 7) is 6.06. The second-order valence-corrected chi connectivity index (χ2v) is 13.1. The van der Waals surface area contributed by atoms with Crippen LogP contribution in [0.5, 0.6) is 0 Å². The van der Waals surface area contributed by atoms with E-state index < -0.39 is 28.5 Å².